The lowest BCUT2D eigenvalue weighted by Crippen LogP contribution is -2.50. The number of carbonyl (C=O) groups excluding carboxylic acids is 1. The van der Waals surface area contributed by atoms with Crippen molar-refractivity contribution in [2.75, 3.05) is 13.1 Å². The maximum Gasteiger partial charge on any atom is 0.240 e. The molecule has 3 nitrogen and oxygen atoms in total. The predicted molar refractivity (Wildman–Crippen MR) is 80.4 cm³/mol. The molecule has 1 aromatic rings. The lowest BCUT2D eigenvalue weighted by atomic mass is 9.95. The molecule has 0 radical (unpaired) electrons. The number of amides is 1. The topological polar surface area (TPSA) is 32.3 Å². The van der Waals surface area contributed by atoms with Crippen molar-refractivity contribution in [1.29, 1.82) is 0 Å². The largest absolute Gasteiger partial charge is 0.341 e. The highest BCUT2D eigenvalue weighted by molar-refractivity contribution is 5.82. The summed E-state index contributed by atoms with van der Waals surface area (Å²) in [5.74, 6) is 1.06. The molecule has 108 valence electrons. The Morgan fingerprint density at radius 1 is 1.30 bits per heavy atom. The van der Waals surface area contributed by atoms with Crippen molar-refractivity contribution in [3.63, 3.8) is 0 Å². The van der Waals surface area contributed by atoms with Gasteiger partial charge in [0.1, 0.15) is 0 Å². The van der Waals surface area contributed by atoms with Crippen LogP contribution in [0.1, 0.15) is 37.3 Å². The summed E-state index contributed by atoms with van der Waals surface area (Å²) in [6.07, 6.45) is 4.48. The van der Waals surface area contributed by atoms with Crippen molar-refractivity contribution in [1.82, 2.24) is 10.2 Å². The molecule has 1 heterocycles. The highest BCUT2D eigenvalue weighted by Gasteiger charge is 2.31. The molecule has 0 unspecified atom stereocenters. The monoisotopic (exact) mass is 272 g/mol. The SMILES string of the molecule is CCCN(CC1CC1)C(=O)[C@H]1Cc2ccccc2CN1. The average Bonchev–Trinajstić information content (AvgIpc) is 3.29. The molecule has 1 amide bonds. The van der Waals surface area contributed by atoms with Crippen LogP contribution < -0.4 is 5.32 Å². The molecule has 20 heavy (non-hydrogen) atoms. The van der Waals surface area contributed by atoms with E-state index in [2.05, 4.69) is 41.4 Å². The van der Waals surface area contributed by atoms with Crippen molar-refractivity contribution in [2.24, 2.45) is 5.92 Å². The highest BCUT2D eigenvalue weighted by Crippen LogP contribution is 2.30. The molecule has 0 aromatic heterocycles. The fraction of sp³-hybridized carbons (Fsp3) is 0.588. The van der Waals surface area contributed by atoms with Gasteiger partial charge in [0, 0.05) is 19.6 Å². The van der Waals surface area contributed by atoms with Crippen LogP contribution >= 0.6 is 0 Å². The van der Waals surface area contributed by atoms with Crippen molar-refractivity contribution in [2.45, 2.75) is 45.2 Å². The molecule has 0 bridgehead atoms. The first kappa shape index (κ1) is 13.6. The fourth-order valence-electron chi connectivity index (χ4n) is 3.02. The normalized spacial score (nSPS) is 21.4. The Bertz CT molecular complexity index is 482. The number of rotatable bonds is 5. The maximum absolute atomic E-state index is 12.7. The third-order valence-corrected chi connectivity index (χ3v) is 4.36. The molecule has 2 aliphatic rings. The number of nitrogens with one attached hydrogen (secondary N) is 1. The van der Waals surface area contributed by atoms with Gasteiger partial charge in [0.25, 0.3) is 0 Å². The Balaban J connectivity index is 1.67. The van der Waals surface area contributed by atoms with Crippen LogP contribution in [-0.4, -0.2) is 29.9 Å². The minimum atomic E-state index is -0.0322. The molecular weight excluding hydrogens is 248 g/mol. The smallest absolute Gasteiger partial charge is 0.240 e. The highest BCUT2D eigenvalue weighted by atomic mass is 16.2. The van der Waals surface area contributed by atoms with E-state index in [9.17, 15) is 4.79 Å². The Morgan fingerprint density at radius 3 is 2.75 bits per heavy atom. The number of carbonyl (C=O) groups is 1. The summed E-state index contributed by atoms with van der Waals surface area (Å²) in [5.41, 5.74) is 2.66. The van der Waals surface area contributed by atoms with Gasteiger partial charge in [-0.1, -0.05) is 31.2 Å². The Hall–Kier alpha value is -1.35. The van der Waals surface area contributed by atoms with Gasteiger partial charge in [-0.05, 0) is 42.7 Å². The molecule has 1 atom stereocenters. The summed E-state index contributed by atoms with van der Waals surface area (Å²) in [7, 11) is 0. The quantitative estimate of drug-likeness (QED) is 0.892. The van der Waals surface area contributed by atoms with Crippen LogP contribution in [0.3, 0.4) is 0 Å². The van der Waals surface area contributed by atoms with Crippen LogP contribution in [0.2, 0.25) is 0 Å². The van der Waals surface area contributed by atoms with Gasteiger partial charge in [-0.3, -0.25) is 4.79 Å². The first-order chi connectivity index (χ1) is 9.78. The number of nitrogens with zero attached hydrogens (tertiary/aromatic N) is 1. The van der Waals surface area contributed by atoms with E-state index in [-0.39, 0.29) is 6.04 Å². The molecule has 1 aliphatic carbocycles. The minimum absolute atomic E-state index is 0.0322. The number of fused-ring (bicyclic) bond motifs is 1. The zero-order valence-corrected chi connectivity index (χ0v) is 12.3. The second-order valence-electron chi connectivity index (χ2n) is 6.13. The van der Waals surface area contributed by atoms with Crippen LogP contribution in [-0.2, 0) is 17.8 Å². The Labute approximate surface area is 121 Å². The zero-order chi connectivity index (χ0) is 13.9. The zero-order valence-electron chi connectivity index (χ0n) is 12.3. The number of benzene rings is 1. The van der Waals surface area contributed by atoms with Gasteiger partial charge < -0.3 is 10.2 Å². The van der Waals surface area contributed by atoms with Crippen LogP contribution in [0.15, 0.2) is 24.3 Å². The van der Waals surface area contributed by atoms with Crippen molar-refractivity contribution in [3.05, 3.63) is 35.4 Å². The number of hydrogen-bond acceptors (Lipinski definition) is 2. The standard InChI is InChI=1S/C17H24N2O/c1-2-9-19(12-13-7-8-13)17(20)16-10-14-5-3-4-6-15(14)11-18-16/h3-6,13,16,18H,2,7-12H2,1H3/t16-/m1/s1. The molecule has 1 aliphatic heterocycles. The van der Waals surface area contributed by atoms with Crippen LogP contribution in [0.25, 0.3) is 0 Å². The van der Waals surface area contributed by atoms with Crippen LogP contribution in [0.4, 0.5) is 0 Å². The fourth-order valence-corrected chi connectivity index (χ4v) is 3.02. The lowest BCUT2D eigenvalue weighted by molar-refractivity contribution is -0.134. The average molecular weight is 272 g/mol. The molecule has 0 spiro atoms. The second-order valence-corrected chi connectivity index (χ2v) is 6.13. The molecule has 1 saturated carbocycles. The Morgan fingerprint density at radius 2 is 2.05 bits per heavy atom. The van der Waals surface area contributed by atoms with E-state index in [0.717, 1.165) is 38.4 Å². The van der Waals surface area contributed by atoms with E-state index in [1.54, 1.807) is 0 Å². The van der Waals surface area contributed by atoms with Crippen molar-refractivity contribution < 1.29 is 4.79 Å². The van der Waals surface area contributed by atoms with Gasteiger partial charge >= 0.3 is 0 Å². The molecule has 3 heteroatoms. The van der Waals surface area contributed by atoms with E-state index < -0.39 is 0 Å². The van der Waals surface area contributed by atoms with Gasteiger partial charge in [-0.25, -0.2) is 0 Å². The summed E-state index contributed by atoms with van der Waals surface area (Å²) < 4.78 is 0. The number of hydrogen-bond donors (Lipinski definition) is 1. The molecule has 0 saturated heterocycles. The molecule has 3 rings (SSSR count). The molecule has 1 N–H and O–H groups in total. The maximum atomic E-state index is 12.7. The van der Waals surface area contributed by atoms with Gasteiger partial charge in [0.05, 0.1) is 6.04 Å². The van der Waals surface area contributed by atoms with Crippen LogP contribution in [0.5, 0.6) is 0 Å². The first-order valence-corrected chi connectivity index (χ1v) is 7.87. The summed E-state index contributed by atoms with van der Waals surface area (Å²) in [6.45, 7) is 4.83. The third kappa shape index (κ3) is 3.04. The van der Waals surface area contributed by atoms with Gasteiger partial charge in [-0.15, -0.1) is 0 Å². The summed E-state index contributed by atoms with van der Waals surface area (Å²) >= 11 is 0. The Kier molecular flexibility index (Phi) is 4.06. The molecular formula is C17H24N2O. The van der Waals surface area contributed by atoms with Gasteiger partial charge in [0.15, 0.2) is 0 Å². The minimum Gasteiger partial charge on any atom is -0.341 e. The van der Waals surface area contributed by atoms with E-state index >= 15 is 0 Å². The summed E-state index contributed by atoms with van der Waals surface area (Å²) in [4.78, 5) is 14.8. The molecule has 1 aromatic carbocycles. The predicted octanol–water partition coefficient (Wildman–Crippen LogP) is 2.35. The van der Waals surface area contributed by atoms with Gasteiger partial charge in [0.2, 0.25) is 5.91 Å². The summed E-state index contributed by atoms with van der Waals surface area (Å²) in [5, 5.41) is 3.42. The second kappa shape index (κ2) is 5.96. The van der Waals surface area contributed by atoms with E-state index in [1.807, 2.05) is 0 Å². The van der Waals surface area contributed by atoms with Crippen molar-refractivity contribution in [3.8, 4) is 0 Å². The lowest BCUT2D eigenvalue weighted by Gasteiger charge is -2.31. The summed E-state index contributed by atoms with van der Waals surface area (Å²) in [6, 6.07) is 8.41. The third-order valence-electron chi connectivity index (χ3n) is 4.36. The first-order valence-electron chi connectivity index (χ1n) is 7.87. The van der Waals surface area contributed by atoms with E-state index in [4.69, 9.17) is 0 Å². The molecule has 1 fully saturated rings. The van der Waals surface area contributed by atoms with Crippen molar-refractivity contribution >= 4 is 5.91 Å². The van der Waals surface area contributed by atoms with E-state index in [1.165, 1.54) is 24.0 Å². The van der Waals surface area contributed by atoms with Crippen LogP contribution in [0, 0.1) is 5.92 Å². The van der Waals surface area contributed by atoms with E-state index in [0.29, 0.717) is 5.91 Å². The van der Waals surface area contributed by atoms with Gasteiger partial charge in [-0.2, -0.15) is 0 Å².